The summed E-state index contributed by atoms with van der Waals surface area (Å²) in [6.45, 7) is 2.10. The van der Waals surface area contributed by atoms with Gasteiger partial charge in [0.2, 0.25) is 5.91 Å². The second-order valence-corrected chi connectivity index (χ2v) is 8.62. The zero-order valence-corrected chi connectivity index (χ0v) is 18.0. The molecule has 2 heterocycles. The van der Waals surface area contributed by atoms with E-state index in [1.54, 1.807) is 17.1 Å². The SMILES string of the molecule is NCC1COC(CC(=O)N2CC(Oc3ccc([C@H]4C=C[C@H]4B(O)O)c(O)c3C(=O)O)C2)CN1. The Morgan fingerprint density at radius 2 is 2.03 bits per heavy atom. The van der Waals surface area contributed by atoms with Gasteiger partial charge in [0.1, 0.15) is 23.2 Å². The number of aromatic carboxylic acids is 1. The number of nitrogens with one attached hydrogen (secondary N) is 1. The highest BCUT2D eigenvalue weighted by atomic mass is 16.5. The van der Waals surface area contributed by atoms with Gasteiger partial charge in [-0.05, 0) is 6.07 Å². The van der Waals surface area contributed by atoms with Gasteiger partial charge in [-0.1, -0.05) is 18.2 Å². The highest BCUT2D eigenvalue weighted by molar-refractivity contribution is 6.44. The van der Waals surface area contributed by atoms with Crippen molar-refractivity contribution in [2.75, 3.05) is 32.8 Å². The van der Waals surface area contributed by atoms with Crippen LogP contribution in [0, 0.1) is 0 Å². The molecule has 4 atom stereocenters. The molecule has 0 spiro atoms. The number of phenols is 1. The third kappa shape index (κ3) is 4.85. The minimum absolute atomic E-state index is 0.00195. The van der Waals surface area contributed by atoms with Gasteiger partial charge < -0.3 is 45.7 Å². The number of morpholine rings is 1. The van der Waals surface area contributed by atoms with Gasteiger partial charge in [-0.15, -0.1) is 0 Å². The fraction of sp³-hybridized carbons (Fsp3) is 0.524. The Morgan fingerprint density at radius 3 is 2.58 bits per heavy atom. The van der Waals surface area contributed by atoms with E-state index in [2.05, 4.69) is 5.32 Å². The maximum absolute atomic E-state index is 12.5. The molecular weight excluding hydrogens is 433 g/mol. The predicted octanol–water partition coefficient (Wildman–Crippen LogP) is -1.12. The van der Waals surface area contributed by atoms with E-state index in [1.165, 1.54) is 12.1 Å². The van der Waals surface area contributed by atoms with Crippen molar-refractivity contribution < 1.29 is 39.3 Å². The van der Waals surface area contributed by atoms with Crippen LogP contribution in [0.25, 0.3) is 0 Å². The molecule has 1 aliphatic carbocycles. The number of rotatable bonds is 8. The summed E-state index contributed by atoms with van der Waals surface area (Å²) < 4.78 is 11.4. The molecule has 2 unspecified atom stereocenters. The molecule has 7 N–H and O–H groups in total. The molecule has 2 fully saturated rings. The van der Waals surface area contributed by atoms with E-state index in [4.69, 9.17) is 15.2 Å². The first-order valence-corrected chi connectivity index (χ1v) is 10.9. The summed E-state index contributed by atoms with van der Waals surface area (Å²) >= 11 is 0. The molecular formula is C21H28BN3O8. The minimum atomic E-state index is -1.61. The van der Waals surface area contributed by atoms with Crippen molar-refractivity contribution in [2.45, 2.75) is 36.4 Å². The van der Waals surface area contributed by atoms with E-state index in [0.717, 1.165) is 0 Å². The van der Waals surface area contributed by atoms with Crippen LogP contribution in [0.2, 0.25) is 5.82 Å². The number of hydrogen-bond acceptors (Lipinski definition) is 9. The number of nitrogens with two attached hydrogens (primary N) is 1. The normalized spacial score (nSPS) is 26.9. The first-order chi connectivity index (χ1) is 15.8. The van der Waals surface area contributed by atoms with Gasteiger partial charge in [-0.25, -0.2) is 4.79 Å². The molecule has 1 aromatic carbocycles. The van der Waals surface area contributed by atoms with Crippen molar-refractivity contribution in [2.24, 2.45) is 5.73 Å². The Kier molecular flexibility index (Phi) is 6.91. The van der Waals surface area contributed by atoms with E-state index in [-0.39, 0.29) is 41.4 Å². The van der Waals surface area contributed by atoms with Crippen LogP contribution in [0.3, 0.4) is 0 Å². The Labute approximate surface area is 190 Å². The number of nitrogens with zero attached hydrogens (tertiary/aromatic N) is 1. The average molecular weight is 461 g/mol. The smallest absolute Gasteiger partial charge is 0.459 e. The molecule has 11 nitrogen and oxygen atoms in total. The lowest BCUT2D eigenvalue weighted by molar-refractivity contribution is -0.143. The lowest BCUT2D eigenvalue weighted by Crippen LogP contribution is -2.57. The Hall–Kier alpha value is -2.64. The van der Waals surface area contributed by atoms with Gasteiger partial charge in [0.15, 0.2) is 0 Å². The minimum Gasteiger partial charge on any atom is -0.507 e. The predicted molar refractivity (Wildman–Crippen MR) is 117 cm³/mol. The molecule has 12 heteroatoms. The zero-order chi connectivity index (χ0) is 23.7. The molecule has 0 saturated carbocycles. The maximum atomic E-state index is 12.5. The molecule has 178 valence electrons. The number of ether oxygens (including phenoxy) is 2. The average Bonchev–Trinajstić information content (AvgIpc) is 2.71. The van der Waals surface area contributed by atoms with Gasteiger partial charge in [0, 0.05) is 36.4 Å². The second kappa shape index (κ2) is 9.70. The highest BCUT2D eigenvalue weighted by Crippen LogP contribution is 2.46. The summed E-state index contributed by atoms with van der Waals surface area (Å²) in [7, 11) is -1.61. The Balaban J connectivity index is 1.34. The van der Waals surface area contributed by atoms with E-state index in [1.807, 2.05) is 0 Å². The molecule has 1 aromatic rings. The number of hydrogen-bond donors (Lipinski definition) is 6. The van der Waals surface area contributed by atoms with Crippen LogP contribution >= 0.6 is 0 Å². The van der Waals surface area contributed by atoms with Crippen molar-refractivity contribution in [3.63, 3.8) is 0 Å². The number of allylic oxidation sites excluding steroid dienone is 2. The summed E-state index contributed by atoms with van der Waals surface area (Å²) in [6, 6.07) is 3.07. The topological polar surface area (TPSA) is 175 Å². The van der Waals surface area contributed by atoms with Crippen LogP contribution < -0.4 is 15.8 Å². The van der Waals surface area contributed by atoms with Crippen molar-refractivity contribution in [1.29, 1.82) is 0 Å². The lowest BCUT2D eigenvalue weighted by Gasteiger charge is -2.40. The molecule has 0 aromatic heterocycles. The van der Waals surface area contributed by atoms with Crippen LogP contribution in [0.1, 0.15) is 28.3 Å². The standard InChI is InChI=1S/C21H28BN3O8/c23-6-11-10-32-12(7-24-11)5-18(26)25-8-13(9-25)33-17-4-2-15(20(27)19(17)21(28)29)14-1-3-16(14)22(30)31/h1-4,11-14,16,24,27,30-31H,5-10,23H2,(H,28,29)/t11?,12?,14-,16-/m1/s1. The van der Waals surface area contributed by atoms with Gasteiger partial charge >= 0.3 is 13.1 Å². The summed E-state index contributed by atoms with van der Waals surface area (Å²) in [5.41, 5.74) is 5.48. The largest absolute Gasteiger partial charge is 0.507 e. The van der Waals surface area contributed by atoms with E-state index < -0.39 is 36.7 Å². The second-order valence-electron chi connectivity index (χ2n) is 8.62. The van der Waals surface area contributed by atoms with Crippen molar-refractivity contribution in [3.05, 3.63) is 35.4 Å². The number of amides is 1. The number of carboxylic acid groups (broad SMARTS) is 1. The zero-order valence-electron chi connectivity index (χ0n) is 18.0. The summed E-state index contributed by atoms with van der Waals surface area (Å²) in [4.78, 5) is 25.9. The number of benzene rings is 1. The summed E-state index contributed by atoms with van der Waals surface area (Å²) in [5.74, 6) is -3.04. The number of likely N-dealkylation sites (tertiary alicyclic amines) is 1. The Bertz CT molecular complexity index is 928. The molecule has 0 radical (unpaired) electrons. The Morgan fingerprint density at radius 1 is 1.27 bits per heavy atom. The van der Waals surface area contributed by atoms with Crippen LogP contribution in [0.4, 0.5) is 0 Å². The fourth-order valence-corrected chi connectivity index (χ4v) is 4.28. The lowest BCUT2D eigenvalue weighted by atomic mass is 9.58. The highest BCUT2D eigenvalue weighted by Gasteiger charge is 2.39. The third-order valence-electron chi connectivity index (χ3n) is 6.39. The maximum Gasteiger partial charge on any atom is 0.459 e. The van der Waals surface area contributed by atoms with E-state index in [0.29, 0.717) is 32.8 Å². The summed E-state index contributed by atoms with van der Waals surface area (Å²) in [5, 5.41) is 42.3. The molecule has 0 bridgehead atoms. The molecule has 4 rings (SSSR count). The molecule has 33 heavy (non-hydrogen) atoms. The molecule has 3 aliphatic rings. The fourth-order valence-electron chi connectivity index (χ4n) is 4.28. The molecule has 2 aliphatic heterocycles. The first kappa shape index (κ1) is 23.5. The first-order valence-electron chi connectivity index (χ1n) is 10.9. The van der Waals surface area contributed by atoms with Gasteiger partial charge in [-0.2, -0.15) is 0 Å². The van der Waals surface area contributed by atoms with Gasteiger partial charge in [0.25, 0.3) is 0 Å². The molecule has 1 amide bonds. The van der Waals surface area contributed by atoms with Crippen molar-refractivity contribution >= 4 is 19.0 Å². The number of carboxylic acids is 1. The van der Waals surface area contributed by atoms with E-state index in [9.17, 15) is 29.9 Å². The third-order valence-corrected chi connectivity index (χ3v) is 6.39. The van der Waals surface area contributed by atoms with Crippen molar-refractivity contribution in [1.82, 2.24) is 10.2 Å². The van der Waals surface area contributed by atoms with Gasteiger partial charge in [0.05, 0.1) is 32.2 Å². The van der Waals surface area contributed by atoms with E-state index >= 15 is 0 Å². The summed E-state index contributed by atoms with van der Waals surface area (Å²) in [6.07, 6.45) is 2.87. The number of carbonyl (C=O) groups excluding carboxylic acids is 1. The van der Waals surface area contributed by atoms with Crippen molar-refractivity contribution in [3.8, 4) is 11.5 Å². The number of carbonyl (C=O) groups is 2. The monoisotopic (exact) mass is 461 g/mol. The quantitative estimate of drug-likeness (QED) is 0.206. The number of aromatic hydroxyl groups is 1. The molecule has 2 saturated heterocycles. The van der Waals surface area contributed by atoms with Crippen LogP contribution in [0.15, 0.2) is 24.3 Å². The van der Waals surface area contributed by atoms with Crippen LogP contribution in [-0.2, 0) is 9.53 Å². The van der Waals surface area contributed by atoms with Gasteiger partial charge in [-0.3, -0.25) is 4.79 Å². The van der Waals surface area contributed by atoms with Crippen LogP contribution in [0.5, 0.6) is 11.5 Å². The van der Waals surface area contributed by atoms with Crippen LogP contribution in [-0.4, -0.2) is 95.2 Å².